The summed E-state index contributed by atoms with van der Waals surface area (Å²) in [6.45, 7) is 1.72. The molecule has 0 aliphatic rings. The lowest BCUT2D eigenvalue weighted by atomic mass is 10.4. The Morgan fingerprint density at radius 3 is 2.43 bits per heavy atom. The molecule has 14 heavy (non-hydrogen) atoms. The summed E-state index contributed by atoms with van der Waals surface area (Å²) in [7, 11) is 1.65. The molecule has 0 aromatic heterocycles. The van der Waals surface area contributed by atoms with Crippen molar-refractivity contribution < 1.29 is 14.3 Å². The Hall–Kier alpha value is -0.690. The van der Waals surface area contributed by atoms with E-state index >= 15 is 0 Å². The highest BCUT2D eigenvalue weighted by molar-refractivity contribution is 5.75. The molecule has 0 rings (SSSR count). The van der Waals surface area contributed by atoms with Crippen molar-refractivity contribution in [1.29, 1.82) is 0 Å². The quantitative estimate of drug-likeness (QED) is 0.379. The predicted molar refractivity (Wildman–Crippen MR) is 52.3 cm³/mol. The van der Waals surface area contributed by atoms with Crippen LogP contribution in [0.3, 0.4) is 0 Å². The largest absolute Gasteiger partial charge is 0.379 e. The molecule has 84 valence electrons. The lowest BCUT2D eigenvalue weighted by Crippen LogP contribution is -2.32. The van der Waals surface area contributed by atoms with Gasteiger partial charge in [-0.05, 0) is 0 Å². The van der Waals surface area contributed by atoms with Gasteiger partial charge < -0.3 is 25.8 Å². The van der Waals surface area contributed by atoms with E-state index in [9.17, 15) is 4.79 Å². The maximum absolute atomic E-state index is 11.2. The molecule has 0 aliphatic heterocycles. The van der Waals surface area contributed by atoms with E-state index in [0.717, 1.165) is 0 Å². The van der Waals surface area contributed by atoms with Crippen LogP contribution < -0.4 is 11.5 Å². The fourth-order valence-corrected chi connectivity index (χ4v) is 0.755. The normalized spacial score (nSPS) is 10.2. The van der Waals surface area contributed by atoms with Crippen molar-refractivity contribution >= 4 is 5.91 Å². The number of carbonyl (C=O) groups is 1. The van der Waals surface area contributed by atoms with E-state index in [1.165, 1.54) is 4.90 Å². The molecule has 4 N–H and O–H groups in total. The van der Waals surface area contributed by atoms with Crippen molar-refractivity contribution in [2.24, 2.45) is 11.5 Å². The Balaban J connectivity index is 3.23. The first-order chi connectivity index (χ1) is 6.72. The van der Waals surface area contributed by atoms with Crippen molar-refractivity contribution in [3.8, 4) is 0 Å². The average molecular weight is 205 g/mol. The topological polar surface area (TPSA) is 90.8 Å². The fraction of sp³-hybridized carbons (Fsp3) is 0.875. The lowest BCUT2D eigenvalue weighted by molar-refractivity contribution is -0.131. The predicted octanol–water partition coefficient (Wildman–Crippen LogP) is -1.30. The van der Waals surface area contributed by atoms with E-state index in [4.69, 9.17) is 20.9 Å². The molecule has 0 spiro atoms. The molecule has 0 fully saturated rings. The zero-order chi connectivity index (χ0) is 10.8. The SMILES string of the molecule is CN(CN)C(=O)CCOCCOCN. The maximum Gasteiger partial charge on any atom is 0.225 e. The van der Waals surface area contributed by atoms with Crippen LogP contribution in [0.25, 0.3) is 0 Å². The summed E-state index contributed by atoms with van der Waals surface area (Å²) >= 11 is 0. The number of carbonyl (C=O) groups excluding carboxylic acids is 1. The molecule has 0 radical (unpaired) electrons. The van der Waals surface area contributed by atoms with Gasteiger partial charge in [0.05, 0.1) is 39.6 Å². The van der Waals surface area contributed by atoms with Crippen LogP contribution in [0.1, 0.15) is 6.42 Å². The first-order valence-corrected chi connectivity index (χ1v) is 4.52. The monoisotopic (exact) mass is 205 g/mol. The average Bonchev–Trinajstić information content (AvgIpc) is 2.21. The summed E-state index contributed by atoms with van der Waals surface area (Å²) in [6, 6.07) is 0. The third-order valence-electron chi connectivity index (χ3n) is 1.65. The highest BCUT2D eigenvalue weighted by Crippen LogP contribution is 1.89. The van der Waals surface area contributed by atoms with Gasteiger partial charge in [0, 0.05) is 7.05 Å². The van der Waals surface area contributed by atoms with E-state index < -0.39 is 0 Å². The molecule has 0 aromatic rings. The second kappa shape index (κ2) is 8.89. The first kappa shape index (κ1) is 13.3. The van der Waals surface area contributed by atoms with Gasteiger partial charge in [0.25, 0.3) is 0 Å². The smallest absolute Gasteiger partial charge is 0.225 e. The molecule has 0 aromatic carbocycles. The third-order valence-corrected chi connectivity index (χ3v) is 1.65. The summed E-state index contributed by atoms with van der Waals surface area (Å²) in [5, 5.41) is 0. The number of amides is 1. The summed E-state index contributed by atoms with van der Waals surface area (Å²) in [6.07, 6.45) is 0.344. The molecular formula is C8H19N3O3. The number of hydrogen-bond donors (Lipinski definition) is 2. The van der Waals surface area contributed by atoms with Gasteiger partial charge in [-0.25, -0.2) is 0 Å². The Bertz CT molecular complexity index is 155. The molecule has 6 nitrogen and oxygen atoms in total. The third kappa shape index (κ3) is 6.79. The van der Waals surface area contributed by atoms with Crippen LogP contribution in [-0.2, 0) is 14.3 Å². The Morgan fingerprint density at radius 1 is 1.21 bits per heavy atom. The zero-order valence-electron chi connectivity index (χ0n) is 8.57. The van der Waals surface area contributed by atoms with Gasteiger partial charge in [-0.15, -0.1) is 0 Å². The second-order valence-electron chi connectivity index (χ2n) is 2.71. The standard InChI is InChI=1S/C8H19N3O3/c1-11(6-9)8(12)2-3-13-4-5-14-7-10/h2-7,9-10H2,1H3. The number of ether oxygens (including phenoxy) is 2. The molecule has 0 bridgehead atoms. The number of nitrogens with two attached hydrogens (primary N) is 2. The Kier molecular flexibility index (Phi) is 8.45. The molecule has 0 saturated carbocycles. The van der Waals surface area contributed by atoms with Gasteiger partial charge in [-0.3, -0.25) is 4.79 Å². The van der Waals surface area contributed by atoms with Crippen molar-refractivity contribution in [3.05, 3.63) is 0 Å². The summed E-state index contributed by atoms with van der Waals surface area (Å²) < 4.78 is 9.98. The molecule has 0 atom stereocenters. The van der Waals surface area contributed by atoms with Crippen molar-refractivity contribution in [2.45, 2.75) is 6.42 Å². The fourth-order valence-electron chi connectivity index (χ4n) is 0.755. The summed E-state index contributed by atoms with van der Waals surface area (Å²) in [4.78, 5) is 12.6. The minimum Gasteiger partial charge on any atom is -0.379 e. The summed E-state index contributed by atoms with van der Waals surface area (Å²) in [5.41, 5.74) is 10.4. The van der Waals surface area contributed by atoms with Crippen LogP contribution in [-0.4, -0.2) is 51.1 Å². The van der Waals surface area contributed by atoms with Gasteiger partial charge in [0.2, 0.25) is 5.91 Å². The van der Waals surface area contributed by atoms with E-state index in [-0.39, 0.29) is 19.3 Å². The van der Waals surface area contributed by atoms with Crippen LogP contribution in [0, 0.1) is 0 Å². The number of hydrogen-bond acceptors (Lipinski definition) is 5. The number of rotatable bonds is 8. The highest BCUT2D eigenvalue weighted by atomic mass is 16.5. The van der Waals surface area contributed by atoms with Crippen LogP contribution >= 0.6 is 0 Å². The molecular weight excluding hydrogens is 186 g/mol. The van der Waals surface area contributed by atoms with E-state index in [1.807, 2.05) is 0 Å². The van der Waals surface area contributed by atoms with Gasteiger partial charge >= 0.3 is 0 Å². The Morgan fingerprint density at radius 2 is 1.86 bits per heavy atom. The molecule has 0 heterocycles. The van der Waals surface area contributed by atoms with Gasteiger partial charge in [-0.2, -0.15) is 0 Å². The van der Waals surface area contributed by atoms with E-state index in [2.05, 4.69) is 0 Å². The highest BCUT2D eigenvalue weighted by Gasteiger charge is 2.05. The maximum atomic E-state index is 11.2. The van der Waals surface area contributed by atoms with Crippen LogP contribution in [0.2, 0.25) is 0 Å². The number of nitrogens with zero attached hydrogens (tertiary/aromatic N) is 1. The van der Waals surface area contributed by atoms with Gasteiger partial charge in [0.1, 0.15) is 0 Å². The van der Waals surface area contributed by atoms with Crippen molar-refractivity contribution in [2.75, 3.05) is 40.3 Å². The molecule has 0 aliphatic carbocycles. The second-order valence-corrected chi connectivity index (χ2v) is 2.71. The van der Waals surface area contributed by atoms with Crippen LogP contribution in [0.5, 0.6) is 0 Å². The zero-order valence-corrected chi connectivity index (χ0v) is 8.57. The van der Waals surface area contributed by atoms with E-state index in [1.54, 1.807) is 7.05 Å². The van der Waals surface area contributed by atoms with E-state index in [0.29, 0.717) is 26.2 Å². The molecule has 1 amide bonds. The van der Waals surface area contributed by atoms with Crippen LogP contribution in [0.4, 0.5) is 0 Å². The van der Waals surface area contributed by atoms with Gasteiger partial charge in [-0.1, -0.05) is 0 Å². The van der Waals surface area contributed by atoms with Gasteiger partial charge in [0.15, 0.2) is 0 Å². The van der Waals surface area contributed by atoms with Crippen LogP contribution in [0.15, 0.2) is 0 Å². The van der Waals surface area contributed by atoms with Crippen molar-refractivity contribution in [3.63, 3.8) is 0 Å². The molecule has 0 unspecified atom stereocenters. The first-order valence-electron chi connectivity index (χ1n) is 4.52. The lowest BCUT2D eigenvalue weighted by Gasteiger charge is -2.13. The summed E-state index contributed by atoms with van der Waals surface area (Å²) in [5.74, 6) is -0.0211. The minimum absolute atomic E-state index is 0.0211. The minimum atomic E-state index is -0.0211. The Labute approximate surface area is 84.1 Å². The molecule has 6 heteroatoms. The molecule has 0 saturated heterocycles. The van der Waals surface area contributed by atoms with Crippen molar-refractivity contribution in [1.82, 2.24) is 4.90 Å².